The number of amides is 1. The molecule has 0 bridgehead atoms. The molecule has 124 valence electrons. The van der Waals surface area contributed by atoms with Gasteiger partial charge in [0.2, 0.25) is 5.91 Å². The number of nitrogens with one attached hydrogen (secondary N) is 2. The van der Waals surface area contributed by atoms with Crippen LogP contribution in [0.2, 0.25) is 0 Å². The first-order chi connectivity index (χ1) is 11.0. The second kappa shape index (κ2) is 6.24. The number of aromatic amines is 1. The Kier molecular flexibility index (Phi) is 4.31. The van der Waals surface area contributed by atoms with Gasteiger partial charge >= 0.3 is 0 Å². The summed E-state index contributed by atoms with van der Waals surface area (Å²) in [5.41, 5.74) is 1.92. The Bertz CT molecular complexity index is 705. The zero-order valence-corrected chi connectivity index (χ0v) is 13.9. The molecule has 23 heavy (non-hydrogen) atoms. The average Bonchev–Trinajstić information content (AvgIpc) is 3.04. The summed E-state index contributed by atoms with van der Waals surface area (Å²) in [6, 6.07) is 5.94. The smallest absolute Gasteiger partial charge is 0.224 e. The minimum atomic E-state index is -0.0215. The third-order valence-corrected chi connectivity index (χ3v) is 4.44. The molecule has 5 heteroatoms. The number of hydrogen-bond acceptors (Lipinski definition) is 3. The second-order valence-corrected chi connectivity index (χ2v) is 6.73. The van der Waals surface area contributed by atoms with Gasteiger partial charge in [-0.3, -0.25) is 4.79 Å². The van der Waals surface area contributed by atoms with Gasteiger partial charge in [-0.15, -0.1) is 0 Å². The topological polar surface area (TPSA) is 63.4 Å². The first-order valence-corrected chi connectivity index (χ1v) is 8.10. The lowest BCUT2D eigenvalue weighted by Gasteiger charge is -2.25. The van der Waals surface area contributed by atoms with E-state index < -0.39 is 0 Å². The fourth-order valence-corrected chi connectivity index (χ4v) is 3.06. The fraction of sp³-hybridized carbons (Fsp3) is 0.500. The number of rotatable bonds is 5. The molecule has 5 nitrogen and oxygen atoms in total. The van der Waals surface area contributed by atoms with Gasteiger partial charge in [-0.2, -0.15) is 0 Å². The number of ether oxygens (including phenoxy) is 2. The molecule has 1 amide bonds. The summed E-state index contributed by atoms with van der Waals surface area (Å²) in [5.74, 6) is 0.833. The number of benzene rings is 1. The number of fused-ring (bicyclic) bond motifs is 1. The molecule has 2 heterocycles. The maximum absolute atomic E-state index is 12.4. The van der Waals surface area contributed by atoms with Crippen LogP contribution in [0.4, 0.5) is 0 Å². The van der Waals surface area contributed by atoms with Crippen molar-refractivity contribution in [2.75, 3.05) is 19.8 Å². The number of carbonyl (C=O) groups excluding carboxylic acids is 1. The van der Waals surface area contributed by atoms with Crippen molar-refractivity contribution in [3.8, 4) is 5.75 Å². The lowest BCUT2D eigenvalue weighted by atomic mass is 9.88. The highest BCUT2D eigenvalue weighted by Gasteiger charge is 2.36. The lowest BCUT2D eigenvalue weighted by molar-refractivity contribution is -0.121. The summed E-state index contributed by atoms with van der Waals surface area (Å²) in [6.07, 6.45) is 2.22. The van der Waals surface area contributed by atoms with Crippen molar-refractivity contribution < 1.29 is 14.3 Å². The number of hydrogen-bond donors (Lipinski definition) is 2. The van der Waals surface area contributed by atoms with Crippen LogP contribution in [0.3, 0.4) is 0 Å². The molecule has 1 aromatic carbocycles. The largest absolute Gasteiger partial charge is 0.493 e. The summed E-state index contributed by atoms with van der Waals surface area (Å²) >= 11 is 0. The van der Waals surface area contributed by atoms with E-state index >= 15 is 0 Å². The van der Waals surface area contributed by atoms with Crippen LogP contribution in [-0.2, 0) is 16.0 Å². The highest BCUT2D eigenvalue weighted by molar-refractivity contribution is 5.93. The third kappa shape index (κ3) is 3.20. The second-order valence-electron chi connectivity index (χ2n) is 6.73. The van der Waals surface area contributed by atoms with Crippen molar-refractivity contribution in [2.24, 2.45) is 5.41 Å². The summed E-state index contributed by atoms with van der Waals surface area (Å²) in [5, 5.41) is 4.10. The molecule has 0 unspecified atom stereocenters. The molecule has 0 radical (unpaired) electrons. The Balaban J connectivity index is 1.77. The first-order valence-electron chi connectivity index (χ1n) is 8.10. The van der Waals surface area contributed by atoms with Gasteiger partial charge in [-0.05, 0) is 24.6 Å². The standard InChI is InChI=1S/C18H24N2O3/c1-4-23-14-7-5-6-13-17(14)12(9-19-13)8-16(21)20-15-10-22-11-18(15,2)3/h5-7,9,15,19H,4,8,10-11H2,1-3H3,(H,20,21)/t15-/m1/s1. The van der Waals surface area contributed by atoms with Crippen molar-refractivity contribution in [3.05, 3.63) is 30.0 Å². The zero-order valence-electron chi connectivity index (χ0n) is 13.9. The molecule has 1 aliphatic heterocycles. The fourth-order valence-electron chi connectivity index (χ4n) is 3.06. The Morgan fingerprint density at radius 3 is 3.00 bits per heavy atom. The molecule has 0 saturated carbocycles. The van der Waals surface area contributed by atoms with Crippen molar-refractivity contribution >= 4 is 16.8 Å². The third-order valence-electron chi connectivity index (χ3n) is 4.44. The average molecular weight is 316 g/mol. The predicted molar refractivity (Wildman–Crippen MR) is 89.7 cm³/mol. The molecule has 2 N–H and O–H groups in total. The van der Waals surface area contributed by atoms with E-state index in [1.54, 1.807) is 0 Å². The lowest BCUT2D eigenvalue weighted by Crippen LogP contribution is -2.44. The predicted octanol–water partition coefficient (Wildman–Crippen LogP) is 2.65. The van der Waals surface area contributed by atoms with Crippen LogP contribution in [0, 0.1) is 5.41 Å². The van der Waals surface area contributed by atoms with Crippen LogP contribution >= 0.6 is 0 Å². The molecule has 1 fully saturated rings. The van der Waals surface area contributed by atoms with Crippen LogP contribution in [-0.4, -0.2) is 36.8 Å². The highest BCUT2D eigenvalue weighted by Crippen LogP contribution is 2.30. The molecule has 2 aromatic rings. The van der Waals surface area contributed by atoms with E-state index in [9.17, 15) is 4.79 Å². The van der Waals surface area contributed by atoms with E-state index in [1.807, 2.05) is 31.3 Å². The van der Waals surface area contributed by atoms with Gasteiger partial charge in [0.1, 0.15) is 5.75 Å². The summed E-state index contributed by atoms with van der Waals surface area (Å²) in [7, 11) is 0. The maximum atomic E-state index is 12.4. The molecule has 3 rings (SSSR count). The van der Waals surface area contributed by atoms with Crippen LogP contribution < -0.4 is 10.1 Å². The van der Waals surface area contributed by atoms with Crippen molar-refractivity contribution in [1.82, 2.24) is 10.3 Å². The van der Waals surface area contributed by atoms with E-state index in [0.717, 1.165) is 22.2 Å². The quantitative estimate of drug-likeness (QED) is 0.891. The maximum Gasteiger partial charge on any atom is 0.224 e. The van der Waals surface area contributed by atoms with Gasteiger partial charge in [0.05, 0.1) is 32.3 Å². The van der Waals surface area contributed by atoms with Crippen molar-refractivity contribution in [3.63, 3.8) is 0 Å². The Labute approximate surface area is 136 Å². The number of carbonyl (C=O) groups is 1. The SMILES string of the molecule is CCOc1cccc2[nH]cc(CC(=O)N[C@@H]3COCC3(C)C)c12. The molecule has 1 aliphatic rings. The van der Waals surface area contributed by atoms with Crippen molar-refractivity contribution in [2.45, 2.75) is 33.2 Å². The van der Waals surface area contributed by atoms with E-state index in [0.29, 0.717) is 26.2 Å². The summed E-state index contributed by atoms with van der Waals surface area (Å²) in [4.78, 5) is 15.7. The van der Waals surface area contributed by atoms with Gasteiger partial charge < -0.3 is 19.8 Å². The Hall–Kier alpha value is -2.01. The Morgan fingerprint density at radius 1 is 1.48 bits per heavy atom. The molecule has 1 aromatic heterocycles. The first kappa shape index (κ1) is 15.9. The zero-order chi connectivity index (χ0) is 16.4. The van der Waals surface area contributed by atoms with E-state index in [4.69, 9.17) is 9.47 Å². The normalized spacial score (nSPS) is 19.9. The van der Waals surface area contributed by atoms with Crippen LogP contribution in [0.25, 0.3) is 10.9 Å². The van der Waals surface area contributed by atoms with Crippen molar-refractivity contribution in [1.29, 1.82) is 0 Å². The minimum Gasteiger partial charge on any atom is -0.493 e. The van der Waals surface area contributed by atoms with Gasteiger partial charge in [-0.25, -0.2) is 0 Å². The number of aromatic nitrogens is 1. The molecule has 1 saturated heterocycles. The molecular weight excluding hydrogens is 292 g/mol. The van der Waals surface area contributed by atoms with Gasteiger partial charge in [0, 0.05) is 22.5 Å². The van der Waals surface area contributed by atoms with E-state index in [-0.39, 0.29) is 17.4 Å². The van der Waals surface area contributed by atoms with Crippen LogP contribution in [0.5, 0.6) is 5.75 Å². The number of H-pyrrole nitrogens is 1. The van der Waals surface area contributed by atoms with Gasteiger partial charge in [0.25, 0.3) is 0 Å². The van der Waals surface area contributed by atoms with E-state index in [1.165, 1.54) is 0 Å². The molecule has 1 atom stereocenters. The van der Waals surface area contributed by atoms with E-state index in [2.05, 4.69) is 24.1 Å². The molecule has 0 spiro atoms. The Morgan fingerprint density at radius 2 is 2.30 bits per heavy atom. The van der Waals surface area contributed by atoms with Crippen LogP contribution in [0.15, 0.2) is 24.4 Å². The minimum absolute atomic E-state index is 0.0146. The van der Waals surface area contributed by atoms with Gasteiger partial charge in [0.15, 0.2) is 0 Å². The molecular formula is C18H24N2O3. The summed E-state index contributed by atoms with van der Waals surface area (Å²) < 4.78 is 11.2. The highest BCUT2D eigenvalue weighted by atomic mass is 16.5. The van der Waals surface area contributed by atoms with Gasteiger partial charge in [-0.1, -0.05) is 19.9 Å². The summed E-state index contributed by atoms with van der Waals surface area (Å²) in [6.45, 7) is 8.05. The van der Waals surface area contributed by atoms with Crippen LogP contribution in [0.1, 0.15) is 26.3 Å². The molecule has 0 aliphatic carbocycles. The monoisotopic (exact) mass is 316 g/mol.